The Balaban J connectivity index is 1.19. The van der Waals surface area contributed by atoms with Gasteiger partial charge in [-0.15, -0.1) is 0 Å². The number of imide groups is 1. The molecule has 0 N–H and O–H groups in total. The standard InChI is InChI=1S/C34H33NO14/c1-28(2,3)12-8-10-13(11-9-12)35-22(36)29-18-14-15(32(25(39)43-5)31(14,48-32)24(38)42-4)19(46-18)30(29,23(35)37)21-17-16(20(29)47-21)33(26(40)44-6)34(17,49-33)27(41)45-7/h8-11,14-21H,1-7H3/t14?,15?,16?,17?,18-,19+,20+,21?,29?,30?,31+,32?,33-,34+/m0/s1. The minimum Gasteiger partial charge on any atom is -0.467 e. The SMILES string of the molecule is COC(=O)C12O[C@@]1(C(=O)OC)C1C2[C@H]2O[C@@H]1C13C(=O)N(c4ccc(C(C)(C)C)cc4)C(=O)C21C1O[C@@H]3C2C1[C@]1(C(=O)OC)O[C@]21C(=O)OC. The number of fused-ring (bicyclic) bond motifs is 16. The van der Waals surface area contributed by atoms with Crippen LogP contribution in [0.1, 0.15) is 26.3 Å². The van der Waals surface area contributed by atoms with Gasteiger partial charge >= 0.3 is 23.9 Å². The molecule has 0 radical (unpaired) electrons. The summed E-state index contributed by atoms with van der Waals surface area (Å²) in [6, 6.07) is 7.10. The summed E-state index contributed by atoms with van der Waals surface area (Å²) in [6.45, 7) is 6.12. The number of carbonyl (C=O) groups excluding carboxylic acids is 6. The topological polar surface area (TPSA) is 186 Å². The molecule has 49 heavy (non-hydrogen) atoms. The van der Waals surface area contributed by atoms with E-state index in [9.17, 15) is 19.2 Å². The van der Waals surface area contributed by atoms with Crippen LogP contribution in [0.5, 0.6) is 0 Å². The minimum atomic E-state index is -1.82. The van der Waals surface area contributed by atoms with E-state index >= 15 is 9.59 Å². The Hall–Kier alpha value is -3.92. The summed E-state index contributed by atoms with van der Waals surface area (Å²) in [5.41, 5.74) is -9.80. The first-order valence-electron chi connectivity index (χ1n) is 16.2. The van der Waals surface area contributed by atoms with Crippen molar-refractivity contribution in [2.45, 2.75) is 73.0 Å². The van der Waals surface area contributed by atoms with Gasteiger partial charge in [0.2, 0.25) is 34.2 Å². The molecule has 10 rings (SSSR count). The second-order valence-corrected chi connectivity index (χ2v) is 15.7. The summed E-state index contributed by atoms with van der Waals surface area (Å²) < 4.78 is 46.0. The lowest BCUT2D eigenvalue weighted by Crippen LogP contribution is -2.80. The van der Waals surface area contributed by atoms with Crippen molar-refractivity contribution in [1.82, 2.24) is 0 Å². The first-order chi connectivity index (χ1) is 23.2. The van der Waals surface area contributed by atoms with Crippen LogP contribution in [0, 0.1) is 34.5 Å². The molecule has 9 fully saturated rings. The molecule has 1 aromatic carbocycles. The van der Waals surface area contributed by atoms with Gasteiger partial charge in [-0.1, -0.05) is 32.9 Å². The maximum atomic E-state index is 15.3. The van der Waals surface area contributed by atoms with Crippen LogP contribution in [0.2, 0.25) is 0 Å². The zero-order chi connectivity index (χ0) is 34.8. The number of methoxy groups -OCH3 is 4. The molecule has 2 saturated carbocycles. The van der Waals surface area contributed by atoms with E-state index in [2.05, 4.69) is 0 Å². The van der Waals surface area contributed by atoms with Gasteiger partial charge in [-0.25, -0.2) is 24.1 Å². The van der Waals surface area contributed by atoms with E-state index in [1.165, 1.54) is 0 Å². The number of rotatable bonds is 5. The first kappa shape index (κ1) is 29.9. The highest BCUT2D eigenvalue weighted by Crippen LogP contribution is 2.92. The number of hydrogen-bond acceptors (Lipinski definition) is 14. The maximum Gasteiger partial charge on any atom is 0.342 e. The fourth-order valence-electron chi connectivity index (χ4n) is 12.2. The van der Waals surface area contributed by atoms with Gasteiger partial charge in [-0.05, 0) is 23.1 Å². The number of hydrogen-bond donors (Lipinski definition) is 0. The number of anilines is 1. The number of esters is 4. The van der Waals surface area contributed by atoms with Gasteiger partial charge in [-0.2, -0.15) is 0 Å². The molecule has 0 aromatic heterocycles. The Bertz CT molecular complexity index is 1700. The van der Waals surface area contributed by atoms with E-state index in [4.69, 9.17) is 37.9 Å². The highest BCUT2D eigenvalue weighted by Gasteiger charge is 3.12. The number of nitrogens with zero attached hydrogens (tertiary/aromatic N) is 1. The monoisotopic (exact) mass is 679 g/mol. The molecule has 2 amide bonds. The van der Waals surface area contributed by atoms with E-state index in [0.717, 1.165) is 38.9 Å². The van der Waals surface area contributed by atoms with Gasteiger partial charge in [-0.3, -0.25) is 9.59 Å². The van der Waals surface area contributed by atoms with Gasteiger partial charge in [0.05, 0.1) is 58.5 Å². The van der Waals surface area contributed by atoms with Crippen molar-refractivity contribution < 1.29 is 66.7 Å². The van der Waals surface area contributed by atoms with Crippen LogP contribution in [-0.2, 0) is 72.1 Å². The molecule has 15 nitrogen and oxygen atoms in total. The molecular weight excluding hydrogens is 646 g/mol. The molecule has 8 unspecified atom stereocenters. The molecule has 1 aromatic rings. The number of carbonyl (C=O) groups is 6. The van der Waals surface area contributed by atoms with Gasteiger partial charge in [0.25, 0.3) is 0 Å². The fourth-order valence-corrected chi connectivity index (χ4v) is 12.2. The van der Waals surface area contributed by atoms with Crippen molar-refractivity contribution in [1.29, 1.82) is 0 Å². The van der Waals surface area contributed by atoms with E-state index in [0.29, 0.717) is 5.69 Å². The van der Waals surface area contributed by atoms with E-state index < -0.39 is 117 Å². The average molecular weight is 680 g/mol. The Labute approximate surface area is 278 Å². The third-order valence-electron chi connectivity index (χ3n) is 13.7. The molecule has 7 heterocycles. The van der Waals surface area contributed by atoms with E-state index in [1.807, 2.05) is 32.9 Å². The van der Waals surface area contributed by atoms with Crippen molar-refractivity contribution in [3.05, 3.63) is 29.8 Å². The maximum absolute atomic E-state index is 15.3. The molecule has 0 spiro atoms. The fraction of sp³-hybridized carbons (Fsp3) is 0.647. The Morgan fingerprint density at radius 3 is 1.16 bits per heavy atom. The van der Waals surface area contributed by atoms with Gasteiger partial charge < -0.3 is 37.9 Å². The smallest absolute Gasteiger partial charge is 0.342 e. The van der Waals surface area contributed by atoms with Crippen LogP contribution < -0.4 is 4.90 Å². The molecule has 258 valence electrons. The van der Waals surface area contributed by atoms with Crippen LogP contribution in [0.3, 0.4) is 0 Å². The summed E-state index contributed by atoms with van der Waals surface area (Å²) >= 11 is 0. The summed E-state index contributed by atoms with van der Waals surface area (Å²) in [7, 11) is 4.65. The Morgan fingerprint density at radius 2 is 0.898 bits per heavy atom. The van der Waals surface area contributed by atoms with Crippen molar-refractivity contribution in [2.75, 3.05) is 33.3 Å². The minimum absolute atomic E-state index is 0.211. The molecule has 2 aliphatic carbocycles. The average Bonchev–Trinajstić information content (AvgIpc) is 3.42. The third kappa shape index (κ3) is 2.33. The second kappa shape index (κ2) is 8.01. The van der Waals surface area contributed by atoms with Crippen molar-refractivity contribution in [3.8, 4) is 0 Å². The quantitative estimate of drug-likeness (QED) is 0.169. The largest absolute Gasteiger partial charge is 0.467 e. The van der Waals surface area contributed by atoms with Crippen LogP contribution in [0.15, 0.2) is 24.3 Å². The predicted molar refractivity (Wildman–Crippen MR) is 155 cm³/mol. The Kier molecular flexibility index (Phi) is 4.89. The van der Waals surface area contributed by atoms with Crippen LogP contribution in [0.25, 0.3) is 0 Å². The summed E-state index contributed by atoms with van der Waals surface area (Å²) in [6.07, 6.45) is -4.74. The zero-order valence-electron chi connectivity index (χ0n) is 27.6. The lowest BCUT2D eigenvalue weighted by Gasteiger charge is -2.58. The number of benzene rings is 1. The normalized spacial score (nSPS) is 50.5. The highest BCUT2D eigenvalue weighted by molar-refractivity contribution is 6.28. The van der Waals surface area contributed by atoms with Gasteiger partial charge in [0, 0.05) is 23.7 Å². The zero-order valence-corrected chi connectivity index (χ0v) is 27.6. The van der Waals surface area contributed by atoms with Crippen molar-refractivity contribution in [3.63, 3.8) is 0 Å². The molecule has 14 atom stereocenters. The van der Waals surface area contributed by atoms with E-state index in [1.54, 1.807) is 12.1 Å². The Morgan fingerprint density at radius 1 is 0.592 bits per heavy atom. The van der Waals surface area contributed by atoms with Crippen molar-refractivity contribution >= 4 is 41.4 Å². The molecule has 7 aliphatic heterocycles. The number of amides is 2. The predicted octanol–water partition coefficient (Wildman–Crippen LogP) is -0.408. The van der Waals surface area contributed by atoms with Crippen LogP contribution >= 0.6 is 0 Å². The van der Waals surface area contributed by atoms with Crippen LogP contribution in [-0.4, -0.2) is 111 Å². The summed E-state index contributed by atoms with van der Waals surface area (Å²) in [4.78, 5) is 85.7. The molecule has 4 bridgehead atoms. The number of epoxide rings is 2. The van der Waals surface area contributed by atoms with Crippen LogP contribution in [0.4, 0.5) is 5.69 Å². The third-order valence-corrected chi connectivity index (χ3v) is 13.7. The van der Waals surface area contributed by atoms with Gasteiger partial charge in [0.1, 0.15) is 10.8 Å². The highest BCUT2D eigenvalue weighted by atomic mass is 16.7. The summed E-state index contributed by atoms with van der Waals surface area (Å²) in [5, 5.41) is 0. The van der Waals surface area contributed by atoms with Gasteiger partial charge in [0.15, 0.2) is 0 Å². The summed E-state index contributed by atoms with van der Waals surface area (Å²) in [5.74, 6) is -8.24. The molecular formula is C34H33NO14. The molecule has 15 heteroatoms. The van der Waals surface area contributed by atoms with E-state index in [-0.39, 0.29) is 5.41 Å². The lowest BCUT2D eigenvalue weighted by molar-refractivity contribution is -0.184. The first-order valence-corrected chi connectivity index (χ1v) is 16.2. The lowest BCUT2D eigenvalue weighted by atomic mass is 9.34. The number of ether oxygens (including phenoxy) is 8. The molecule has 7 saturated heterocycles. The second-order valence-electron chi connectivity index (χ2n) is 15.7. The molecule has 9 aliphatic rings. The van der Waals surface area contributed by atoms with Crippen molar-refractivity contribution in [2.24, 2.45) is 34.5 Å².